The van der Waals surface area contributed by atoms with Gasteiger partial charge >= 0.3 is 0 Å². The Morgan fingerprint density at radius 3 is 2.00 bits per heavy atom. The Hall–Kier alpha value is -0.0800. The van der Waals surface area contributed by atoms with Crippen molar-refractivity contribution in [1.29, 1.82) is 0 Å². The van der Waals surface area contributed by atoms with E-state index in [1.54, 1.807) is 0 Å². The Bertz CT molecular complexity index is 236. The maximum atomic E-state index is 11.0. The fourth-order valence-corrected chi connectivity index (χ4v) is 4.20. The normalized spacial score (nSPS) is 27.5. The summed E-state index contributed by atoms with van der Waals surface area (Å²) in [6.07, 6.45) is 14.7. The lowest BCUT2D eigenvalue weighted by atomic mass is 9.78. The summed E-state index contributed by atoms with van der Waals surface area (Å²) >= 11 is 0. The van der Waals surface area contributed by atoms with Crippen LogP contribution in [0, 0.1) is 5.92 Å². The van der Waals surface area contributed by atoms with Crippen LogP contribution in [0.1, 0.15) is 84.0 Å². The van der Waals surface area contributed by atoms with Crippen molar-refractivity contribution in [3.63, 3.8) is 0 Å². The minimum absolute atomic E-state index is 0.222. The first-order valence-corrected chi connectivity index (χ1v) is 8.60. The highest BCUT2D eigenvalue weighted by molar-refractivity contribution is 4.94. The Morgan fingerprint density at radius 1 is 0.947 bits per heavy atom. The molecule has 0 aromatic rings. The van der Waals surface area contributed by atoms with Gasteiger partial charge in [0.05, 0.1) is 11.7 Å². The summed E-state index contributed by atoms with van der Waals surface area (Å²) in [5, 5.41) is 11.0. The van der Waals surface area contributed by atoms with Crippen LogP contribution in [-0.2, 0) is 4.74 Å². The van der Waals surface area contributed by atoms with Crippen molar-refractivity contribution in [2.75, 3.05) is 6.61 Å². The van der Waals surface area contributed by atoms with Crippen LogP contribution in [0.4, 0.5) is 0 Å². The van der Waals surface area contributed by atoms with Crippen LogP contribution in [0.25, 0.3) is 0 Å². The smallest absolute Gasteiger partial charge is 0.0942 e. The minimum atomic E-state index is -0.233. The SMILES string of the molecule is CCOC1(C(O)C2CCCCCC2)CCCCCC1. The summed E-state index contributed by atoms with van der Waals surface area (Å²) in [4.78, 5) is 0. The highest BCUT2D eigenvalue weighted by Crippen LogP contribution is 2.39. The molecule has 1 N–H and O–H groups in total. The van der Waals surface area contributed by atoms with Gasteiger partial charge in [-0.15, -0.1) is 0 Å². The predicted molar refractivity (Wildman–Crippen MR) is 79.3 cm³/mol. The van der Waals surface area contributed by atoms with Gasteiger partial charge in [0, 0.05) is 6.61 Å². The number of aliphatic hydroxyl groups excluding tert-OH is 1. The van der Waals surface area contributed by atoms with Crippen molar-refractivity contribution in [1.82, 2.24) is 0 Å². The summed E-state index contributed by atoms with van der Waals surface area (Å²) < 4.78 is 6.16. The van der Waals surface area contributed by atoms with E-state index in [-0.39, 0.29) is 11.7 Å². The maximum absolute atomic E-state index is 11.0. The lowest BCUT2D eigenvalue weighted by Crippen LogP contribution is -2.48. The van der Waals surface area contributed by atoms with Gasteiger partial charge in [-0.3, -0.25) is 0 Å². The minimum Gasteiger partial charge on any atom is -0.390 e. The topological polar surface area (TPSA) is 29.5 Å². The zero-order valence-corrected chi connectivity index (χ0v) is 12.7. The van der Waals surface area contributed by atoms with Crippen molar-refractivity contribution < 1.29 is 9.84 Å². The second kappa shape index (κ2) is 7.64. The molecule has 2 nitrogen and oxygen atoms in total. The molecule has 0 saturated heterocycles. The van der Waals surface area contributed by atoms with Crippen LogP contribution in [-0.4, -0.2) is 23.4 Å². The van der Waals surface area contributed by atoms with Gasteiger partial charge in [-0.1, -0.05) is 51.4 Å². The average molecular weight is 268 g/mol. The number of aliphatic hydroxyl groups is 1. The molecule has 2 aliphatic carbocycles. The summed E-state index contributed by atoms with van der Waals surface area (Å²) in [5.74, 6) is 0.479. The molecule has 1 atom stereocenters. The lowest BCUT2D eigenvalue weighted by molar-refractivity contribution is -0.149. The molecule has 0 radical (unpaired) electrons. The fraction of sp³-hybridized carbons (Fsp3) is 1.00. The molecular formula is C17H32O2. The molecule has 2 heteroatoms. The second-order valence-corrected chi connectivity index (χ2v) is 6.61. The average Bonchev–Trinajstić information content (AvgIpc) is 2.81. The third-order valence-electron chi connectivity index (χ3n) is 5.27. The van der Waals surface area contributed by atoms with Crippen molar-refractivity contribution in [3.05, 3.63) is 0 Å². The van der Waals surface area contributed by atoms with Gasteiger partial charge in [-0.2, -0.15) is 0 Å². The third-order valence-corrected chi connectivity index (χ3v) is 5.27. The van der Waals surface area contributed by atoms with Gasteiger partial charge in [-0.05, 0) is 38.5 Å². The van der Waals surface area contributed by atoms with Crippen molar-refractivity contribution in [2.45, 2.75) is 95.7 Å². The second-order valence-electron chi connectivity index (χ2n) is 6.61. The first-order valence-electron chi connectivity index (χ1n) is 8.60. The standard InChI is InChI=1S/C17H32O2/c1-2-19-17(13-9-5-6-10-14-17)16(18)15-11-7-3-4-8-12-15/h15-16,18H,2-14H2,1H3. The largest absolute Gasteiger partial charge is 0.390 e. The molecule has 0 bridgehead atoms. The molecule has 0 spiro atoms. The highest BCUT2D eigenvalue weighted by atomic mass is 16.5. The Kier molecular flexibility index (Phi) is 6.15. The molecule has 0 amide bonds. The molecule has 19 heavy (non-hydrogen) atoms. The number of rotatable bonds is 4. The van der Waals surface area contributed by atoms with Crippen LogP contribution >= 0.6 is 0 Å². The van der Waals surface area contributed by atoms with E-state index in [0.29, 0.717) is 5.92 Å². The molecule has 2 saturated carbocycles. The van der Waals surface area contributed by atoms with Crippen molar-refractivity contribution in [3.8, 4) is 0 Å². The molecule has 2 fully saturated rings. The van der Waals surface area contributed by atoms with Crippen LogP contribution in [0.3, 0.4) is 0 Å². The predicted octanol–water partition coefficient (Wildman–Crippen LogP) is 4.45. The van der Waals surface area contributed by atoms with Crippen LogP contribution in [0.5, 0.6) is 0 Å². The first kappa shape index (κ1) is 15.3. The Balaban J connectivity index is 2.06. The molecule has 0 aromatic heterocycles. The Labute approximate surface area is 118 Å². The van der Waals surface area contributed by atoms with Gasteiger partial charge in [0.2, 0.25) is 0 Å². The zero-order chi connectivity index (χ0) is 13.6. The lowest BCUT2D eigenvalue weighted by Gasteiger charge is -2.41. The van der Waals surface area contributed by atoms with Gasteiger partial charge in [-0.25, -0.2) is 0 Å². The molecule has 2 aliphatic rings. The first-order chi connectivity index (χ1) is 9.28. The van der Waals surface area contributed by atoms with E-state index in [9.17, 15) is 5.11 Å². The van der Waals surface area contributed by atoms with E-state index in [1.165, 1.54) is 64.2 Å². The van der Waals surface area contributed by atoms with Gasteiger partial charge < -0.3 is 9.84 Å². The van der Waals surface area contributed by atoms with Crippen molar-refractivity contribution in [2.24, 2.45) is 5.92 Å². The summed E-state index contributed by atoms with van der Waals surface area (Å²) in [5.41, 5.74) is -0.222. The van der Waals surface area contributed by atoms with E-state index in [4.69, 9.17) is 4.74 Å². The number of hydrogen-bond acceptors (Lipinski definition) is 2. The van der Waals surface area contributed by atoms with Crippen LogP contribution in [0.15, 0.2) is 0 Å². The quantitative estimate of drug-likeness (QED) is 0.763. The number of hydrogen-bond donors (Lipinski definition) is 1. The van der Waals surface area contributed by atoms with E-state index in [0.717, 1.165) is 19.4 Å². The van der Waals surface area contributed by atoms with E-state index < -0.39 is 0 Å². The van der Waals surface area contributed by atoms with E-state index in [2.05, 4.69) is 6.92 Å². The van der Waals surface area contributed by atoms with E-state index in [1.807, 2.05) is 0 Å². The molecule has 0 heterocycles. The summed E-state index contributed by atoms with van der Waals surface area (Å²) in [7, 11) is 0. The van der Waals surface area contributed by atoms with E-state index >= 15 is 0 Å². The Morgan fingerprint density at radius 2 is 1.47 bits per heavy atom. The van der Waals surface area contributed by atoms with Gasteiger partial charge in [0.25, 0.3) is 0 Å². The molecule has 0 aliphatic heterocycles. The highest BCUT2D eigenvalue weighted by Gasteiger charge is 2.42. The van der Waals surface area contributed by atoms with Crippen LogP contribution in [0.2, 0.25) is 0 Å². The summed E-state index contributed by atoms with van der Waals surface area (Å²) in [6, 6.07) is 0. The maximum Gasteiger partial charge on any atom is 0.0942 e. The monoisotopic (exact) mass is 268 g/mol. The zero-order valence-electron chi connectivity index (χ0n) is 12.7. The van der Waals surface area contributed by atoms with Crippen LogP contribution < -0.4 is 0 Å². The van der Waals surface area contributed by atoms with Gasteiger partial charge in [0.15, 0.2) is 0 Å². The molecule has 1 unspecified atom stereocenters. The molecule has 2 rings (SSSR count). The molecule has 0 aromatic carbocycles. The van der Waals surface area contributed by atoms with Gasteiger partial charge in [0.1, 0.15) is 0 Å². The summed E-state index contributed by atoms with van der Waals surface area (Å²) in [6.45, 7) is 2.82. The molecular weight excluding hydrogens is 236 g/mol. The molecule has 112 valence electrons. The van der Waals surface area contributed by atoms with Crippen molar-refractivity contribution >= 4 is 0 Å². The number of ether oxygens (including phenoxy) is 1. The fourth-order valence-electron chi connectivity index (χ4n) is 4.20. The third kappa shape index (κ3) is 3.95.